The minimum Gasteiger partial charge on any atom is -0.460 e. The maximum Gasteiger partial charge on any atom is 0.306 e. The van der Waals surface area contributed by atoms with Crippen molar-refractivity contribution < 1.29 is 14.3 Å². The van der Waals surface area contributed by atoms with Crippen LogP contribution in [0.4, 0.5) is 0 Å². The molecular formula is C7H15N3O3. The van der Waals surface area contributed by atoms with Gasteiger partial charge in [-0.15, -0.1) is 0 Å². The normalized spacial score (nSPS) is 10.1. The van der Waals surface area contributed by atoms with Crippen LogP contribution in [0.3, 0.4) is 0 Å². The summed E-state index contributed by atoms with van der Waals surface area (Å²) in [7, 11) is 0. The van der Waals surface area contributed by atoms with Crippen molar-refractivity contribution in [2.75, 3.05) is 13.1 Å². The number of nitrogens with two attached hydrogens (primary N) is 3. The van der Waals surface area contributed by atoms with Crippen molar-refractivity contribution in [3.05, 3.63) is 0 Å². The second-order valence-corrected chi connectivity index (χ2v) is 2.55. The third-order valence-electron chi connectivity index (χ3n) is 1.40. The molecule has 0 aromatic rings. The topological polar surface area (TPSA) is 121 Å². The minimum atomic E-state index is -0.533. The number of hydrogen-bond donors (Lipinski definition) is 3. The van der Waals surface area contributed by atoms with E-state index in [-0.39, 0.29) is 25.9 Å². The van der Waals surface area contributed by atoms with Gasteiger partial charge in [-0.05, 0) is 0 Å². The van der Waals surface area contributed by atoms with Crippen LogP contribution in [-0.2, 0) is 14.3 Å². The van der Waals surface area contributed by atoms with Gasteiger partial charge in [0.15, 0.2) is 0 Å². The quantitative estimate of drug-likeness (QED) is 0.420. The molecule has 0 spiro atoms. The fourth-order valence-electron chi connectivity index (χ4n) is 0.663. The molecule has 0 saturated heterocycles. The fourth-order valence-corrected chi connectivity index (χ4v) is 0.663. The van der Waals surface area contributed by atoms with E-state index in [2.05, 4.69) is 0 Å². The van der Waals surface area contributed by atoms with Crippen molar-refractivity contribution in [1.82, 2.24) is 0 Å². The molecule has 6 heteroatoms. The Balaban J connectivity index is 3.66. The highest BCUT2D eigenvalue weighted by molar-refractivity contribution is 5.79. The largest absolute Gasteiger partial charge is 0.460 e. The van der Waals surface area contributed by atoms with Gasteiger partial charge >= 0.3 is 5.97 Å². The minimum absolute atomic E-state index is 0.0132. The summed E-state index contributed by atoms with van der Waals surface area (Å²) in [6, 6.07) is 0. The van der Waals surface area contributed by atoms with Crippen LogP contribution >= 0.6 is 0 Å². The number of esters is 1. The summed E-state index contributed by atoms with van der Waals surface area (Å²) in [4.78, 5) is 21.2. The lowest BCUT2D eigenvalue weighted by molar-refractivity contribution is -0.149. The van der Waals surface area contributed by atoms with Crippen LogP contribution in [0, 0.1) is 0 Å². The molecule has 6 N–H and O–H groups in total. The molecule has 0 aromatic heterocycles. The average Bonchev–Trinajstić information content (AvgIpc) is 2.10. The van der Waals surface area contributed by atoms with Crippen molar-refractivity contribution in [2.45, 2.75) is 18.9 Å². The maximum atomic E-state index is 10.9. The summed E-state index contributed by atoms with van der Waals surface area (Å²) >= 11 is 0. The van der Waals surface area contributed by atoms with Crippen LogP contribution in [0.1, 0.15) is 12.8 Å². The predicted molar refractivity (Wildman–Crippen MR) is 46.4 cm³/mol. The predicted octanol–water partition coefficient (Wildman–Crippen LogP) is -1.92. The molecule has 0 unspecified atom stereocenters. The Kier molecular flexibility index (Phi) is 5.82. The number of rotatable bonds is 6. The van der Waals surface area contributed by atoms with E-state index >= 15 is 0 Å². The van der Waals surface area contributed by atoms with Gasteiger partial charge in [0.05, 0.1) is 6.42 Å². The summed E-state index contributed by atoms with van der Waals surface area (Å²) in [5.74, 6) is -1.03. The molecule has 0 heterocycles. The zero-order chi connectivity index (χ0) is 10.3. The smallest absolute Gasteiger partial charge is 0.306 e. The Morgan fingerprint density at radius 1 is 1.15 bits per heavy atom. The van der Waals surface area contributed by atoms with Crippen molar-refractivity contribution in [3.8, 4) is 0 Å². The first-order chi connectivity index (χ1) is 6.10. The SMILES string of the molecule is NCC(CN)OC(=O)CCC(N)=O. The number of carbonyl (C=O) groups is 2. The van der Waals surface area contributed by atoms with E-state index in [1.807, 2.05) is 0 Å². The summed E-state index contributed by atoms with van der Waals surface area (Å²) in [5, 5.41) is 0. The van der Waals surface area contributed by atoms with Gasteiger partial charge in [-0.1, -0.05) is 0 Å². The van der Waals surface area contributed by atoms with Crippen molar-refractivity contribution >= 4 is 11.9 Å². The molecule has 0 aromatic carbocycles. The van der Waals surface area contributed by atoms with Crippen LogP contribution < -0.4 is 17.2 Å². The number of carbonyl (C=O) groups excluding carboxylic acids is 2. The molecule has 1 amide bonds. The molecule has 0 atom stereocenters. The van der Waals surface area contributed by atoms with E-state index in [4.69, 9.17) is 21.9 Å². The van der Waals surface area contributed by atoms with Gasteiger partial charge in [0.1, 0.15) is 6.10 Å². The third kappa shape index (κ3) is 6.06. The molecule has 0 rings (SSSR count). The van der Waals surface area contributed by atoms with E-state index in [0.717, 1.165) is 0 Å². The van der Waals surface area contributed by atoms with E-state index < -0.39 is 18.0 Å². The first-order valence-electron chi connectivity index (χ1n) is 3.98. The van der Waals surface area contributed by atoms with Gasteiger partial charge in [-0.2, -0.15) is 0 Å². The molecule has 0 bridgehead atoms. The lowest BCUT2D eigenvalue weighted by Crippen LogP contribution is -2.33. The van der Waals surface area contributed by atoms with Gasteiger partial charge < -0.3 is 21.9 Å². The van der Waals surface area contributed by atoms with E-state index in [1.165, 1.54) is 0 Å². The standard InChI is InChI=1S/C7H15N3O3/c8-3-5(4-9)13-7(12)2-1-6(10)11/h5H,1-4,8-9H2,(H2,10,11). The molecule has 0 aliphatic carbocycles. The van der Waals surface area contributed by atoms with Gasteiger partial charge in [0.25, 0.3) is 0 Å². The van der Waals surface area contributed by atoms with Crippen LogP contribution in [0.15, 0.2) is 0 Å². The molecule has 6 nitrogen and oxygen atoms in total. The number of primary amides is 1. The van der Waals surface area contributed by atoms with Gasteiger partial charge in [-0.3, -0.25) is 9.59 Å². The van der Waals surface area contributed by atoms with Crippen LogP contribution in [0.25, 0.3) is 0 Å². The molecule has 0 saturated carbocycles. The molecule has 0 radical (unpaired) electrons. The highest BCUT2D eigenvalue weighted by Crippen LogP contribution is 1.95. The van der Waals surface area contributed by atoms with Gasteiger partial charge in [0.2, 0.25) is 5.91 Å². The lowest BCUT2D eigenvalue weighted by Gasteiger charge is -2.12. The Morgan fingerprint density at radius 3 is 2.08 bits per heavy atom. The van der Waals surface area contributed by atoms with Crippen molar-refractivity contribution in [1.29, 1.82) is 0 Å². The lowest BCUT2D eigenvalue weighted by atomic mass is 10.3. The number of hydrogen-bond acceptors (Lipinski definition) is 5. The van der Waals surface area contributed by atoms with Gasteiger partial charge in [-0.25, -0.2) is 0 Å². The van der Waals surface area contributed by atoms with Crippen LogP contribution in [0.5, 0.6) is 0 Å². The summed E-state index contributed by atoms with van der Waals surface area (Å²) in [6.07, 6.45) is -0.507. The second-order valence-electron chi connectivity index (χ2n) is 2.55. The summed E-state index contributed by atoms with van der Waals surface area (Å²) in [5.41, 5.74) is 15.3. The zero-order valence-electron chi connectivity index (χ0n) is 7.36. The van der Waals surface area contributed by atoms with E-state index in [0.29, 0.717) is 0 Å². The Bertz CT molecular complexity index is 180. The fraction of sp³-hybridized carbons (Fsp3) is 0.714. The van der Waals surface area contributed by atoms with Gasteiger partial charge in [0, 0.05) is 19.5 Å². The second kappa shape index (κ2) is 6.38. The third-order valence-corrected chi connectivity index (χ3v) is 1.40. The Morgan fingerprint density at radius 2 is 1.69 bits per heavy atom. The van der Waals surface area contributed by atoms with E-state index in [1.54, 1.807) is 0 Å². The summed E-state index contributed by atoms with van der Waals surface area (Å²) in [6.45, 7) is 0.359. The van der Waals surface area contributed by atoms with Crippen molar-refractivity contribution in [3.63, 3.8) is 0 Å². The Labute approximate surface area is 76.4 Å². The molecule has 0 aliphatic rings. The molecular weight excluding hydrogens is 174 g/mol. The highest BCUT2D eigenvalue weighted by Gasteiger charge is 2.11. The van der Waals surface area contributed by atoms with Crippen LogP contribution in [0.2, 0.25) is 0 Å². The van der Waals surface area contributed by atoms with E-state index in [9.17, 15) is 9.59 Å². The first-order valence-corrected chi connectivity index (χ1v) is 3.98. The molecule has 0 aliphatic heterocycles. The Hall–Kier alpha value is -1.14. The number of ether oxygens (including phenoxy) is 1. The zero-order valence-corrected chi connectivity index (χ0v) is 7.36. The monoisotopic (exact) mass is 189 g/mol. The first kappa shape index (κ1) is 11.9. The molecule has 76 valence electrons. The molecule has 0 fully saturated rings. The van der Waals surface area contributed by atoms with Crippen molar-refractivity contribution in [2.24, 2.45) is 17.2 Å². The summed E-state index contributed by atoms with van der Waals surface area (Å²) < 4.78 is 4.80. The number of amides is 1. The maximum absolute atomic E-state index is 10.9. The average molecular weight is 189 g/mol. The molecule has 13 heavy (non-hydrogen) atoms. The highest BCUT2D eigenvalue weighted by atomic mass is 16.5. The van der Waals surface area contributed by atoms with Crippen LogP contribution in [-0.4, -0.2) is 31.1 Å².